The maximum Gasteiger partial charge on any atom is 0.491 e. The maximum atomic E-state index is 14.0. The molecule has 1 fully saturated rings. The predicted octanol–water partition coefficient (Wildman–Crippen LogP) is 1.68. The Morgan fingerprint density at radius 3 is 2.10 bits per heavy atom. The Morgan fingerprint density at radius 1 is 0.863 bits per heavy atom. The first-order valence-corrected chi connectivity index (χ1v) is 16.4. The lowest BCUT2D eigenvalue weighted by atomic mass is 9.83. The molecule has 0 aliphatic heterocycles. The van der Waals surface area contributed by atoms with Gasteiger partial charge in [-0.15, -0.1) is 0 Å². The third kappa shape index (κ3) is 13.1. The quantitative estimate of drug-likeness (QED) is 0.0439. The molecule has 0 heterocycles. The van der Waals surface area contributed by atoms with Gasteiger partial charge in [0.1, 0.15) is 23.8 Å². The molecule has 276 valence electrons. The van der Waals surface area contributed by atoms with Gasteiger partial charge in [0.15, 0.2) is 5.96 Å². The number of nitrogens with zero attached hydrogens (tertiary/aromatic N) is 1. The minimum Gasteiger partial charge on any atom is -0.385 e. The van der Waals surface area contributed by atoms with Crippen LogP contribution in [0.3, 0.4) is 0 Å². The zero-order chi connectivity index (χ0) is 37.6. The first-order chi connectivity index (χ1) is 24.1. The van der Waals surface area contributed by atoms with Crippen molar-refractivity contribution in [2.45, 2.75) is 76.2 Å². The smallest absolute Gasteiger partial charge is 0.385 e. The fraction of sp³-hybridized carbons (Fsp3) is 0.441. The Morgan fingerprint density at radius 2 is 1.51 bits per heavy atom. The number of nitrogens with one attached hydrogen (secondary N) is 4. The number of nitrogens with two attached hydrogens (primary N) is 3. The number of carbonyl (C=O) groups is 5. The summed E-state index contributed by atoms with van der Waals surface area (Å²) in [6.45, 7) is 0.0602. The van der Waals surface area contributed by atoms with Gasteiger partial charge in [0, 0.05) is 18.7 Å². The van der Waals surface area contributed by atoms with E-state index in [2.05, 4.69) is 25.7 Å². The summed E-state index contributed by atoms with van der Waals surface area (Å²) < 4.78 is 42.7. The van der Waals surface area contributed by atoms with Crippen LogP contribution in [0.1, 0.15) is 61.6 Å². The third-order valence-electron chi connectivity index (χ3n) is 8.32. The second-order valence-electron chi connectivity index (χ2n) is 12.2. The number of hydrogen-bond acceptors (Lipinski definition) is 8. The standard InChI is InChI=1S/C34H43F3N8O6/c35-34(36,37)32(50)51-31(49)25(12-7-17-42-33(40)41)44-30(48)26(22-10-5-2-6-11-22)45-29(47)24(18-20-13-15-23(16-14-20)27(38)39)28(46)43-19-21-8-3-1-4-9-21/h1,3-4,8-9,13-16,22,24-26H,2,5-7,10-12,17-19H2,(H3,38,39)(H,43,46)(H,44,48)(H,45,47)(H4,40,41,42)/t24?,25-,26-/m0/s1. The molecule has 0 spiro atoms. The normalized spacial score (nSPS) is 15.0. The Balaban J connectivity index is 1.88. The highest BCUT2D eigenvalue weighted by Gasteiger charge is 2.44. The number of ether oxygens (including phenoxy) is 1. The number of carbonyl (C=O) groups excluding carboxylic acids is 5. The number of esters is 2. The van der Waals surface area contributed by atoms with Crippen LogP contribution in [0.5, 0.6) is 0 Å². The Bertz CT molecular complexity index is 1560. The molecule has 2 aromatic carbocycles. The highest BCUT2D eigenvalue weighted by molar-refractivity contribution is 6.02. The second-order valence-corrected chi connectivity index (χ2v) is 12.2. The van der Waals surface area contributed by atoms with E-state index in [0.717, 1.165) is 24.8 Å². The molecule has 17 heteroatoms. The lowest BCUT2D eigenvalue weighted by Gasteiger charge is -2.32. The van der Waals surface area contributed by atoms with E-state index in [0.29, 0.717) is 24.0 Å². The first-order valence-electron chi connectivity index (χ1n) is 16.4. The van der Waals surface area contributed by atoms with Crippen LogP contribution in [0.4, 0.5) is 13.2 Å². The van der Waals surface area contributed by atoms with E-state index < -0.39 is 59.8 Å². The van der Waals surface area contributed by atoms with E-state index in [1.54, 1.807) is 48.5 Å². The summed E-state index contributed by atoms with van der Waals surface area (Å²) >= 11 is 0. The number of halogens is 3. The van der Waals surface area contributed by atoms with Crippen LogP contribution in [0.15, 0.2) is 59.6 Å². The lowest BCUT2D eigenvalue weighted by Crippen LogP contribution is -2.57. The molecule has 2 aromatic rings. The fourth-order valence-corrected chi connectivity index (χ4v) is 5.62. The Kier molecular flexibility index (Phi) is 14.9. The number of aliphatic imine (C=N–C) groups is 1. The summed E-state index contributed by atoms with van der Waals surface area (Å²) in [5.41, 5.74) is 17.9. The van der Waals surface area contributed by atoms with E-state index in [-0.39, 0.29) is 44.1 Å². The van der Waals surface area contributed by atoms with E-state index in [1.807, 2.05) is 6.07 Å². The number of rotatable bonds is 16. The molecule has 3 atom stereocenters. The highest BCUT2D eigenvalue weighted by atomic mass is 19.4. The zero-order valence-corrected chi connectivity index (χ0v) is 27.8. The summed E-state index contributed by atoms with van der Waals surface area (Å²) in [7, 11) is 0. The van der Waals surface area contributed by atoms with Gasteiger partial charge in [-0.3, -0.25) is 24.8 Å². The van der Waals surface area contributed by atoms with Crippen molar-refractivity contribution in [2.24, 2.45) is 34.0 Å². The average Bonchev–Trinajstić information content (AvgIpc) is 3.10. The molecule has 10 N–H and O–H groups in total. The molecule has 1 unspecified atom stereocenters. The molecule has 1 saturated carbocycles. The molecule has 0 radical (unpaired) electrons. The summed E-state index contributed by atoms with van der Waals surface area (Å²) in [4.78, 5) is 69.3. The number of nitrogen functional groups attached to an aromatic ring is 1. The van der Waals surface area contributed by atoms with Gasteiger partial charge in [-0.1, -0.05) is 73.9 Å². The fourth-order valence-electron chi connectivity index (χ4n) is 5.62. The number of amidine groups is 1. The number of guanidine groups is 1. The number of alkyl halides is 3. The van der Waals surface area contributed by atoms with Gasteiger partial charge < -0.3 is 37.9 Å². The molecular formula is C34H43F3N8O6. The maximum absolute atomic E-state index is 14.0. The van der Waals surface area contributed by atoms with Crippen LogP contribution in [0, 0.1) is 17.2 Å². The number of benzene rings is 2. The van der Waals surface area contributed by atoms with E-state index in [1.165, 1.54) is 0 Å². The van der Waals surface area contributed by atoms with Crippen molar-refractivity contribution in [3.05, 3.63) is 71.3 Å². The van der Waals surface area contributed by atoms with Crippen LogP contribution >= 0.6 is 0 Å². The van der Waals surface area contributed by atoms with Crippen molar-refractivity contribution < 1.29 is 41.9 Å². The van der Waals surface area contributed by atoms with Gasteiger partial charge in [-0.2, -0.15) is 13.2 Å². The van der Waals surface area contributed by atoms with E-state index in [9.17, 15) is 37.1 Å². The van der Waals surface area contributed by atoms with Crippen LogP contribution in [0.2, 0.25) is 0 Å². The van der Waals surface area contributed by atoms with Crippen LogP contribution in [-0.2, 0) is 41.7 Å². The lowest BCUT2D eigenvalue weighted by molar-refractivity contribution is -0.202. The molecule has 0 aromatic heterocycles. The first kappa shape index (κ1) is 40.0. The highest BCUT2D eigenvalue weighted by Crippen LogP contribution is 2.27. The van der Waals surface area contributed by atoms with Gasteiger partial charge >= 0.3 is 18.1 Å². The minimum absolute atomic E-state index is 0.00465. The number of hydrogen-bond donors (Lipinski definition) is 7. The molecule has 0 bridgehead atoms. The summed E-state index contributed by atoms with van der Waals surface area (Å²) in [6, 6.07) is 12.3. The van der Waals surface area contributed by atoms with Crippen LogP contribution in [-0.4, -0.2) is 66.3 Å². The Hall–Kier alpha value is -5.48. The molecule has 51 heavy (non-hydrogen) atoms. The predicted molar refractivity (Wildman–Crippen MR) is 180 cm³/mol. The van der Waals surface area contributed by atoms with Crippen LogP contribution in [0.25, 0.3) is 0 Å². The summed E-state index contributed by atoms with van der Waals surface area (Å²) in [5, 5.41) is 15.4. The van der Waals surface area contributed by atoms with Gasteiger partial charge in [-0.25, -0.2) is 9.59 Å². The molecule has 0 saturated heterocycles. The van der Waals surface area contributed by atoms with Gasteiger partial charge in [0.25, 0.3) is 0 Å². The molecule has 3 rings (SSSR count). The summed E-state index contributed by atoms with van der Waals surface area (Å²) in [5.74, 6) is -9.00. The topological polar surface area (TPSA) is 245 Å². The monoisotopic (exact) mass is 716 g/mol. The van der Waals surface area contributed by atoms with Crippen molar-refractivity contribution in [3.63, 3.8) is 0 Å². The molecule has 14 nitrogen and oxygen atoms in total. The number of amides is 3. The second kappa shape index (κ2) is 19.1. The van der Waals surface area contributed by atoms with Crippen molar-refractivity contribution in [1.29, 1.82) is 5.41 Å². The van der Waals surface area contributed by atoms with Crippen molar-refractivity contribution in [1.82, 2.24) is 16.0 Å². The van der Waals surface area contributed by atoms with Gasteiger partial charge in [0.05, 0.1) is 0 Å². The van der Waals surface area contributed by atoms with Crippen molar-refractivity contribution in [3.8, 4) is 0 Å². The molecule has 1 aliphatic carbocycles. The van der Waals surface area contributed by atoms with E-state index >= 15 is 0 Å². The van der Waals surface area contributed by atoms with Crippen LogP contribution < -0.4 is 33.2 Å². The van der Waals surface area contributed by atoms with Gasteiger partial charge in [-0.05, 0) is 49.1 Å². The summed E-state index contributed by atoms with van der Waals surface area (Å²) in [6.07, 6.45) is -2.55. The molecule has 1 aliphatic rings. The Labute approximate surface area is 292 Å². The third-order valence-corrected chi connectivity index (χ3v) is 8.32. The van der Waals surface area contributed by atoms with Crippen molar-refractivity contribution >= 4 is 41.5 Å². The zero-order valence-electron chi connectivity index (χ0n) is 27.8. The van der Waals surface area contributed by atoms with E-state index in [4.69, 9.17) is 22.6 Å². The molecular weight excluding hydrogens is 673 g/mol. The average molecular weight is 717 g/mol. The van der Waals surface area contributed by atoms with Crippen molar-refractivity contribution in [2.75, 3.05) is 6.54 Å². The van der Waals surface area contributed by atoms with Gasteiger partial charge in [0.2, 0.25) is 17.7 Å². The molecule has 3 amide bonds. The largest absolute Gasteiger partial charge is 0.491 e. The minimum atomic E-state index is -5.47. The SMILES string of the molecule is N=C(N)c1ccc(CC(C(=O)NCc2ccccc2)C(=O)N[C@H](C(=O)N[C@@H](CCCN=C(N)N)C(=O)OC(=O)C(F)(F)F)C2CCCCC2)cc1.